The number of amides is 1. The standard InChI is InChI=1S/C21H26N2O4S/c1-15(2)27-18-11-9-17(10-12-18)23-21(24)16-6-5-7-19(14-16)28(25,26)20-8-3-4-13-22-20/h3-4,8-13,15-16,19H,5-7,14H2,1-2H3,(H,23,24). The van der Waals surface area contributed by atoms with Gasteiger partial charge in [-0.3, -0.25) is 4.79 Å². The molecule has 3 rings (SSSR count). The van der Waals surface area contributed by atoms with E-state index in [0.29, 0.717) is 31.4 Å². The van der Waals surface area contributed by atoms with Crippen molar-refractivity contribution in [1.82, 2.24) is 4.98 Å². The third kappa shape index (κ3) is 4.90. The maximum Gasteiger partial charge on any atom is 0.227 e. The van der Waals surface area contributed by atoms with E-state index in [1.165, 1.54) is 12.3 Å². The maximum atomic E-state index is 12.8. The maximum absolute atomic E-state index is 12.8. The van der Waals surface area contributed by atoms with E-state index in [4.69, 9.17) is 4.74 Å². The molecule has 2 atom stereocenters. The predicted molar refractivity (Wildman–Crippen MR) is 108 cm³/mol. The van der Waals surface area contributed by atoms with Crippen LogP contribution in [0.2, 0.25) is 0 Å². The van der Waals surface area contributed by atoms with Crippen LogP contribution in [0.15, 0.2) is 53.7 Å². The molecule has 1 saturated carbocycles. The van der Waals surface area contributed by atoms with E-state index >= 15 is 0 Å². The number of sulfone groups is 1. The van der Waals surface area contributed by atoms with Gasteiger partial charge < -0.3 is 10.1 Å². The molecule has 1 fully saturated rings. The fraction of sp³-hybridized carbons (Fsp3) is 0.429. The third-order valence-corrected chi connectivity index (χ3v) is 6.99. The van der Waals surface area contributed by atoms with Crippen molar-refractivity contribution in [2.24, 2.45) is 5.92 Å². The van der Waals surface area contributed by atoms with Gasteiger partial charge in [0.1, 0.15) is 5.75 Å². The Hall–Kier alpha value is -2.41. The topological polar surface area (TPSA) is 85.4 Å². The zero-order valence-electron chi connectivity index (χ0n) is 16.2. The van der Waals surface area contributed by atoms with Crippen molar-refractivity contribution < 1.29 is 17.9 Å². The van der Waals surface area contributed by atoms with E-state index in [9.17, 15) is 13.2 Å². The average Bonchev–Trinajstić information content (AvgIpc) is 2.70. The summed E-state index contributed by atoms with van der Waals surface area (Å²) in [5.41, 5.74) is 0.677. The van der Waals surface area contributed by atoms with Crippen molar-refractivity contribution in [1.29, 1.82) is 0 Å². The van der Waals surface area contributed by atoms with Gasteiger partial charge in [-0.05, 0) is 69.5 Å². The van der Waals surface area contributed by atoms with Crippen molar-refractivity contribution in [3.8, 4) is 5.75 Å². The van der Waals surface area contributed by atoms with E-state index in [2.05, 4.69) is 10.3 Å². The van der Waals surface area contributed by atoms with Crippen LogP contribution in [0.5, 0.6) is 5.75 Å². The molecular formula is C21H26N2O4S. The lowest BCUT2D eigenvalue weighted by Crippen LogP contribution is -2.34. The Bertz CT molecular complexity index is 896. The summed E-state index contributed by atoms with van der Waals surface area (Å²) < 4.78 is 31.3. The molecule has 0 saturated heterocycles. The predicted octanol–water partition coefficient (Wildman–Crippen LogP) is 3.84. The second-order valence-electron chi connectivity index (χ2n) is 7.38. The van der Waals surface area contributed by atoms with Gasteiger partial charge in [0.05, 0.1) is 11.4 Å². The summed E-state index contributed by atoms with van der Waals surface area (Å²) in [6, 6.07) is 12.1. The molecule has 0 radical (unpaired) electrons. The molecule has 7 heteroatoms. The van der Waals surface area contributed by atoms with Gasteiger partial charge in [0.15, 0.2) is 14.9 Å². The first-order chi connectivity index (χ1) is 13.4. The van der Waals surface area contributed by atoms with Gasteiger partial charge >= 0.3 is 0 Å². The fourth-order valence-electron chi connectivity index (χ4n) is 3.48. The number of hydrogen-bond acceptors (Lipinski definition) is 5. The molecule has 0 aliphatic heterocycles. The molecular weight excluding hydrogens is 376 g/mol. The number of pyridine rings is 1. The van der Waals surface area contributed by atoms with Gasteiger partial charge in [0.25, 0.3) is 0 Å². The summed E-state index contributed by atoms with van der Waals surface area (Å²) >= 11 is 0. The van der Waals surface area contributed by atoms with Crippen LogP contribution in [0.3, 0.4) is 0 Å². The van der Waals surface area contributed by atoms with Gasteiger partial charge in [-0.15, -0.1) is 0 Å². The van der Waals surface area contributed by atoms with Crippen molar-refractivity contribution in [3.63, 3.8) is 0 Å². The molecule has 1 N–H and O–H groups in total. The van der Waals surface area contributed by atoms with Crippen LogP contribution in [0, 0.1) is 5.92 Å². The normalized spacial score (nSPS) is 20.0. The first-order valence-corrected chi connectivity index (χ1v) is 11.1. The number of hydrogen-bond donors (Lipinski definition) is 1. The summed E-state index contributed by atoms with van der Waals surface area (Å²) in [6.45, 7) is 3.91. The van der Waals surface area contributed by atoms with E-state index < -0.39 is 15.1 Å². The van der Waals surface area contributed by atoms with Crippen molar-refractivity contribution in [2.75, 3.05) is 5.32 Å². The van der Waals surface area contributed by atoms with E-state index in [-0.39, 0.29) is 23.0 Å². The monoisotopic (exact) mass is 402 g/mol. The van der Waals surface area contributed by atoms with Gasteiger partial charge in [-0.25, -0.2) is 13.4 Å². The Morgan fingerprint density at radius 2 is 1.89 bits per heavy atom. The van der Waals surface area contributed by atoms with Crippen LogP contribution in [0.1, 0.15) is 39.5 Å². The lowest BCUT2D eigenvalue weighted by Gasteiger charge is -2.28. The minimum atomic E-state index is -3.53. The van der Waals surface area contributed by atoms with Crippen LogP contribution in [0.4, 0.5) is 5.69 Å². The van der Waals surface area contributed by atoms with Crippen LogP contribution in [0.25, 0.3) is 0 Å². The summed E-state index contributed by atoms with van der Waals surface area (Å²) in [5.74, 6) is 0.273. The summed E-state index contributed by atoms with van der Waals surface area (Å²) in [4.78, 5) is 16.7. The molecule has 1 aromatic heterocycles. The Morgan fingerprint density at radius 1 is 1.14 bits per heavy atom. The second-order valence-corrected chi connectivity index (χ2v) is 9.55. The Kier molecular flexibility index (Phi) is 6.34. The molecule has 150 valence electrons. The smallest absolute Gasteiger partial charge is 0.227 e. The number of aromatic nitrogens is 1. The largest absolute Gasteiger partial charge is 0.491 e. The molecule has 1 aromatic carbocycles. The van der Waals surface area contributed by atoms with Crippen molar-refractivity contribution in [2.45, 2.75) is 55.9 Å². The van der Waals surface area contributed by atoms with Crippen LogP contribution < -0.4 is 10.1 Å². The van der Waals surface area contributed by atoms with Crippen molar-refractivity contribution in [3.05, 3.63) is 48.7 Å². The van der Waals surface area contributed by atoms with Gasteiger partial charge in [0.2, 0.25) is 5.91 Å². The van der Waals surface area contributed by atoms with E-state index in [1.807, 2.05) is 26.0 Å². The van der Waals surface area contributed by atoms with E-state index in [0.717, 1.165) is 5.75 Å². The Morgan fingerprint density at radius 3 is 2.54 bits per heavy atom. The quantitative estimate of drug-likeness (QED) is 0.793. The second kappa shape index (κ2) is 8.73. The first kappa shape index (κ1) is 20.3. The number of nitrogens with zero attached hydrogens (tertiary/aromatic N) is 1. The lowest BCUT2D eigenvalue weighted by molar-refractivity contribution is -0.120. The van der Waals surface area contributed by atoms with Gasteiger partial charge in [-0.2, -0.15) is 0 Å². The number of anilines is 1. The zero-order chi connectivity index (χ0) is 20.1. The molecule has 2 aromatic rings. The summed E-state index contributed by atoms with van der Waals surface area (Å²) in [5, 5.41) is 2.41. The van der Waals surface area contributed by atoms with Gasteiger partial charge in [0, 0.05) is 17.8 Å². The molecule has 1 heterocycles. The highest BCUT2D eigenvalue weighted by Gasteiger charge is 2.36. The van der Waals surface area contributed by atoms with Crippen LogP contribution >= 0.6 is 0 Å². The number of ether oxygens (including phenoxy) is 1. The van der Waals surface area contributed by atoms with Crippen LogP contribution in [-0.2, 0) is 14.6 Å². The minimum Gasteiger partial charge on any atom is -0.491 e. The first-order valence-electron chi connectivity index (χ1n) is 9.59. The summed E-state index contributed by atoms with van der Waals surface area (Å²) in [6.07, 6.45) is 3.83. The molecule has 1 aliphatic rings. The molecule has 28 heavy (non-hydrogen) atoms. The number of benzene rings is 1. The molecule has 0 spiro atoms. The third-order valence-electron chi connectivity index (χ3n) is 4.86. The Labute approximate surface area is 166 Å². The highest BCUT2D eigenvalue weighted by atomic mass is 32.2. The molecule has 6 nitrogen and oxygen atoms in total. The molecule has 0 bridgehead atoms. The average molecular weight is 403 g/mol. The van der Waals surface area contributed by atoms with E-state index in [1.54, 1.807) is 24.3 Å². The fourth-order valence-corrected chi connectivity index (χ4v) is 5.26. The molecule has 1 amide bonds. The van der Waals surface area contributed by atoms with Crippen LogP contribution in [-0.4, -0.2) is 30.7 Å². The zero-order valence-corrected chi connectivity index (χ0v) is 17.0. The number of carbonyl (C=O) groups excluding carboxylic acids is 1. The molecule has 2 unspecified atom stereocenters. The minimum absolute atomic E-state index is 0.0840. The van der Waals surface area contributed by atoms with Gasteiger partial charge in [-0.1, -0.05) is 12.5 Å². The number of nitrogens with one attached hydrogen (secondary N) is 1. The lowest BCUT2D eigenvalue weighted by atomic mass is 9.88. The van der Waals surface area contributed by atoms with Crippen molar-refractivity contribution >= 4 is 21.4 Å². The number of carbonyl (C=O) groups is 1. The molecule has 1 aliphatic carbocycles. The highest BCUT2D eigenvalue weighted by molar-refractivity contribution is 7.92. The SMILES string of the molecule is CC(C)Oc1ccc(NC(=O)C2CCCC(S(=O)(=O)c3ccccn3)C2)cc1. The highest BCUT2D eigenvalue weighted by Crippen LogP contribution is 2.32. The number of rotatable bonds is 6. The summed E-state index contributed by atoms with van der Waals surface area (Å²) in [7, 11) is -3.53. The Balaban J connectivity index is 1.64.